The molecule has 0 bridgehead atoms. The molecule has 5 heteroatoms. The molecular weight excluding hydrogens is 326 g/mol. The molecule has 1 aromatic carbocycles. The largest absolute Gasteiger partial charge is 0.439 e. The van der Waals surface area contributed by atoms with Crippen LogP contribution in [0.4, 0.5) is 0 Å². The van der Waals surface area contributed by atoms with E-state index in [-0.39, 0.29) is 0 Å². The fraction of sp³-hybridized carbons (Fsp3) is 0.429. The summed E-state index contributed by atoms with van der Waals surface area (Å²) in [4.78, 5) is 18.3. The van der Waals surface area contributed by atoms with E-state index < -0.39 is 5.91 Å². The molecule has 0 unspecified atom stereocenters. The quantitative estimate of drug-likeness (QED) is 0.918. The number of carbonyl (C=O) groups is 1. The van der Waals surface area contributed by atoms with Crippen molar-refractivity contribution in [2.45, 2.75) is 45.1 Å². The standard InChI is InChI=1S/C21H25N3O2/c1-14-19(21(22)25)7-8-20(23-14)26-18-6-5-15-9-11-24(17-3-2-4-17)12-10-16(15)13-18/h5-8,13,17H,2-4,9-12H2,1H3,(H2,22,25). The lowest BCUT2D eigenvalue weighted by Crippen LogP contribution is -2.41. The first-order chi connectivity index (χ1) is 12.6. The van der Waals surface area contributed by atoms with Crippen molar-refractivity contribution in [3.63, 3.8) is 0 Å². The number of fused-ring (bicyclic) bond motifs is 1. The number of hydrogen-bond acceptors (Lipinski definition) is 4. The Morgan fingerprint density at radius 1 is 1.15 bits per heavy atom. The van der Waals surface area contributed by atoms with E-state index in [0.29, 0.717) is 17.1 Å². The molecule has 4 rings (SSSR count). The summed E-state index contributed by atoms with van der Waals surface area (Å²) < 4.78 is 5.93. The molecule has 0 saturated heterocycles. The summed E-state index contributed by atoms with van der Waals surface area (Å²) in [5.41, 5.74) is 9.14. The Bertz CT molecular complexity index is 830. The van der Waals surface area contributed by atoms with E-state index in [1.165, 1.54) is 30.4 Å². The molecular formula is C21H25N3O2. The third-order valence-electron chi connectivity index (χ3n) is 5.65. The van der Waals surface area contributed by atoms with Crippen molar-refractivity contribution >= 4 is 5.91 Å². The highest BCUT2D eigenvalue weighted by molar-refractivity contribution is 5.93. The Morgan fingerprint density at radius 2 is 1.92 bits per heavy atom. The van der Waals surface area contributed by atoms with Crippen molar-refractivity contribution in [2.75, 3.05) is 13.1 Å². The lowest BCUT2D eigenvalue weighted by Gasteiger charge is -2.36. The predicted molar refractivity (Wildman–Crippen MR) is 101 cm³/mol. The van der Waals surface area contributed by atoms with E-state index in [0.717, 1.165) is 37.7 Å². The number of primary amides is 1. The minimum Gasteiger partial charge on any atom is -0.439 e. The van der Waals surface area contributed by atoms with Gasteiger partial charge in [-0.3, -0.25) is 9.69 Å². The number of aryl methyl sites for hydroxylation is 1. The number of amides is 1. The lowest BCUT2D eigenvalue weighted by molar-refractivity contribution is 0.0999. The van der Waals surface area contributed by atoms with Crippen LogP contribution in [0.15, 0.2) is 30.3 Å². The van der Waals surface area contributed by atoms with Crippen LogP contribution in [0, 0.1) is 6.92 Å². The average molecular weight is 351 g/mol. The number of nitrogens with zero attached hydrogens (tertiary/aromatic N) is 2. The number of nitrogens with two attached hydrogens (primary N) is 1. The lowest BCUT2D eigenvalue weighted by atomic mass is 9.91. The zero-order chi connectivity index (χ0) is 18.1. The Labute approximate surface area is 154 Å². The summed E-state index contributed by atoms with van der Waals surface area (Å²) in [6.45, 7) is 4.05. The highest BCUT2D eigenvalue weighted by Gasteiger charge is 2.26. The zero-order valence-corrected chi connectivity index (χ0v) is 15.2. The maximum atomic E-state index is 11.3. The van der Waals surface area contributed by atoms with Crippen molar-refractivity contribution < 1.29 is 9.53 Å². The highest BCUT2D eigenvalue weighted by atomic mass is 16.5. The van der Waals surface area contributed by atoms with Gasteiger partial charge in [-0.1, -0.05) is 12.5 Å². The second kappa shape index (κ2) is 7.08. The second-order valence-electron chi connectivity index (χ2n) is 7.30. The SMILES string of the molecule is Cc1nc(Oc2ccc3c(c2)CCN(C2CCC2)CC3)ccc1C(N)=O. The molecule has 1 aliphatic heterocycles. The van der Waals surface area contributed by atoms with Crippen LogP contribution in [0.2, 0.25) is 0 Å². The Hall–Kier alpha value is -2.40. The number of pyridine rings is 1. The Kier molecular flexibility index (Phi) is 4.64. The maximum Gasteiger partial charge on any atom is 0.250 e. The highest BCUT2D eigenvalue weighted by Crippen LogP contribution is 2.29. The van der Waals surface area contributed by atoms with Crippen molar-refractivity contribution in [3.05, 3.63) is 52.7 Å². The van der Waals surface area contributed by atoms with Crippen molar-refractivity contribution in [1.29, 1.82) is 0 Å². The molecule has 1 saturated carbocycles. The van der Waals surface area contributed by atoms with Crippen molar-refractivity contribution in [3.8, 4) is 11.6 Å². The Balaban J connectivity index is 1.48. The van der Waals surface area contributed by atoms with Gasteiger partial charge in [0.25, 0.3) is 5.91 Å². The van der Waals surface area contributed by atoms with Crippen molar-refractivity contribution in [1.82, 2.24) is 9.88 Å². The number of benzene rings is 1. The molecule has 26 heavy (non-hydrogen) atoms. The van der Waals surface area contributed by atoms with E-state index >= 15 is 0 Å². The molecule has 2 heterocycles. The van der Waals surface area contributed by atoms with Gasteiger partial charge in [0.2, 0.25) is 5.88 Å². The van der Waals surface area contributed by atoms with Gasteiger partial charge in [-0.2, -0.15) is 0 Å². The van der Waals surface area contributed by atoms with E-state index in [1.54, 1.807) is 19.1 Å². The molecule has 0 radical (unpaired) electrons. The topological polar surface area (TPSA) is 68.4 Å². The van der Waals surface area contributed by atoms with Gasteiger partial charge in [-0.05, 0) is 61.9 Å². The van der Waals surface area contributed by atoms with Crippen LogP contribution in [0.25, 0.3) is 0 Å². The van der Waals surface area contributed by atoms with Gasteiger partial charge in [0.15, 0.2) is 0 Å². The van der Waals surface area contributed by atoms with Crippen LogP contribution in [0.3, 0.4) is 0 Å². The monoisotopic (exact) mass is 351 g/mol. The summed E-state index contributed by atoms with van der Waals surface area (Å²) in [5.74, 6) is 0.805. The summed E-state index contributed by atoms with van der Waals surface area (Å²) in [6.07, 6.45) is 6.27. The fourth-order valence-corrected chi connectivity index (χ4v) is 3.88. The molecule has 5 nitrogen and oxygen atoms in total. The summed E-state index contributed by atoms with van der Waals surface area (Å²) in [7, 11) is 0. The van der Waals surface area contributed by atoms with Crippen LogP contribution in [0.1, 0.15) is 46.4 Å². The van der Waals surface area contributed by atoms with Crippen LogP contribution in [-0.4, -0.2) is 34.9 Å². The van der Waals surface area contributed by atoms with Crippen molar-refractivity contribution in [2.24, 2.45) is 5.73 Å². The van der Waals surface area contributed by atoms with Crippen LogP contribution in [-0.2, 0) is 12.8 Å². The first kappa shape index (κ1) is 17.0. The number of carbonyl (C=O) groups excluding carboxylic acids is 1. The van der Waals surface area contributed by atoms with E-state index in [4.69, 9.17) is 10.5 Å². The van der Waals surface area contributed by atoms with Gasteiger partial charge < -0.3 is 10.5 Å². The third-order valence-corrected chi connectivity index (χ3v) is 5.65. The second-order valence-corrected chi connectivity index (χ2v) is 7.30. The molecule has 2 N–H and O–H groups in total. The van der Waals surface area contributed by atoms with E-state index in [2.05, 4.69) is 22.0 Å². The molecule has 2 aliphatic rings. The zero-order valence-electron chi connectivity index (χ0n) is 15.2. The average Bonchev–Trinajstić information content (AvgIpc) is 2.76. The molecule has 1 amide bonds. The number of hydrogen-bond donors (Lipinski definition) is 1. The normalized spacial score (nSPS) is 17.9. The van der Waals surface area contributed by atoms with Gasteiger partial charge in [0.05, 0.1) is 11.3 Å². The summed E-state index contributed by atoms with van der Waals surface area (Å²) in [6, 6.07) is 10.5. The molecule has 1 aliphatic carbocycles. The number of rotatable bonds is 4. The number of ether oxygens (including phenoxy) is 1. The van der Waals surface area contributed by atoms with Crippen LogP contribution < -0.4 is 10.5 Å². The smallest absolute Gasteiger partial charge is 0.250 e. The maximum absolute atomic E-state index is 11.3. The minimum absolute atomic E-state index is 0.426. The molecule has 1 fully saturated rings. The van der Waals surface area contributed by atoms with Crippen LogP contribution >= 0.6 is 0 Å². The van der Waals surface area contributed by atoms with Gasteiger partial charge in [0, 0.05) is 25.2 Å². The van der Waals surface area contributed by atoms with E-state index in [1.807, 2.05) is 6.07 Å². The summed E-state index contributed by atoms with van der Waals surface area (Å²) in [5, 5.41) is 0. The first-order valence-corrected chi connectivity index (χ1v) is 9.41. The third kappa shape index (κ3) is 3.44. The fourth-order valence-electron chi connectivity index (χ4n) is 3.88. The molecule has 0 atom stereocenters. The van der Waals surface area contributed by atoms with Gasteiger partial charge in [-0.25, -0.2) is 4.98 Å². The minimum atomic E-state index is -0.470. The molecule has 136 valence electrons. The predicted octanol–water partition coefficient (Wildman–Crippen LogP) is 3.23. The van der Waals surface area contributed by atoms with Gasteiger partial charge >= 0.3 is 0 Å². The number of aromatic nitrogens is 1. The van der Waals surface area contributed by atoms with E-state index in [9.17, 15) is 4.79 Å². The first-order valence-electron chi connectivity index (χ1n) is 9.41. The van der Waals surface area contributed by atoms with Crippen LogP contribution in [0.5, 0.6) is 11.6 Å². The van der Waals surface area contributed by atoms with Gasteiger partial charge in [0.1, 0.15) is 5.75 Å². The Morgan fingerprint density at radius 3 is 2.58 bits per heavy atom. The molecule has 1 aromatic heterocycles. The molecule has 2 aromatic rings. The van der Waals surface area contributed by atoms with Gasteiger partial charge in [-0.15, -0.1) is 0 Å². The summed E-state index contributed by atoms with van der Waals surface area (Å²) >= 11 is 0. The molecule has 0 spiro atoms.